The Morgan fingerprint density at radius 3 is 2.90 bits per heavy atom. The van der Waals surface area contributed by atoms with Crippen LogP contribution in [0.25, 0.3) is 0 Å². The summed E-state index contributed by atoms with van der Waals surface area (Å²) >= 11 is 0. The van der Waals surface area contributed by atoms with E-state index in [4.69, 9.17) is 4.74 Å². The number of nitrogens with one attached hydrogen (secondary N) is 2. The first-order chi connectivity index (χ1) is 14.7. The largest absolute Gasteiger partial charge is 0.381 e. The second kappa shape index (κ2) is 9.86. The first-order valence-corrected chi connectivity index (χ1v) is 10.7. The van der Waals surface area contributed by atoms with Gasteiger partial charge in [-0.3, -0.25) is 9.47 Å². The van der Waals surface area contributed by atoms with E-state index in [2.05, 4.69) is 20.5 Å². The molecule has 1 aromatic carbocycles. The Morgan fingerprint density at radius 2 is 2.13 bits per heavy atom. The van der Waals surface area contributed by atoms with E-state index in [-0.39, 0.29) is 11.7 Å². The van der Waals surface area contributed by atoms with Gasteiger partial charge in [0.15, 0.2) is 0 Å². The van der Waals surface area contributed by atoms with E-state index in [0.717, 1.165) is 38.3 Å². The summed E-state index contributed by atoms with van der Waals surface area (Å²) in [5.74, 6) is 0.476. The molecular formula is C22H29N5O3. The van der Waals surface area contributed by atoms with Crippen LogP contribution in [0.1, 0.15) is 24.8 Å². The van der Waals surface area contributed by atoms with Crippen molar-refractivity contribution in [2.24, 2.45) is 5.92 Å². The van der Waals surface area contributed by atoms with Gasteiger partial charge in [0.2, 0.25) is 0 Å². The number of rotatable bonds is 7. The predicted octanol–water partition coefficient (Wildman–Crippen LogP) is 1.91. The van der Waals surface area contributed by atoms with Crippen molar-refractivity contribution in [1.82, 2.24) is 19.8 Å². The van der Waals surface area contributed by atoms with Crippen molar-refractivity contribution in [3.8, 4) is 0 Å². The average molecular weight is 412 g/mol. The predicted molar refractivity (Wildman–Crippen MR) is 115 cm³/mol. The van der Waals surface area contributed by atoms with E-state index in [1.54, 1.807) is 12.3 Å². The van der Waals surface area contributed by atoms with Crippen LogP contribution in [0.15, 0.2) is 47.5 Å². The molecule has 8 nitrogen and oxygen atoms in total. The van der Waals surface area contributed by atoms with Gasteiger partial charge >= 0.3 is 11.7 Å². The molecular weight excluding hydrogens is 382 g/mol. The molecule has 0 radical (unpaired) electrons. The van der Waals surface area contributed by atoms with Crippen LogP contribution in [0.2, 0.25) is 0 Å². The number of urea groups is 1. The molecule has 2 aliphatic heterocycles. The van der Waals surface area contributed by atoms with Gasteiger partial charge in [-0.2, -0.15) is 0 Å². The number of nitrogens with zero attached hydrogens (tertiary/aromatic N) is 3. The van der Waals surface area contributed by atoms with Gasteiger partial charge in [0.1, 0.15) is 0 Å². The zero-order valence-corrected chi connectivity index (χ0v) is 17.1. The zero-order valence-electron chi connectivity index (χ0n) is 17.1. The smallest absolute Gasteiger partial charge is 0.347 e. The molecule has 4 rings (SSSR count). The van der Waals surface area contributed by atoms with Crippen LogP contribution in [0.5, 0.6) is 0 Å². The number of hydrogen-bond donors (Lipinski definition) is 2. The molecule has 2 saturated heterocycles. The Balaban J connectivity index is 1.34. The molecule has 0 bridgehead atoms. The first kappa shape index (κ1) is 20.6. The highest BCUT2D eigenvalue weighted by atomic mass is 16.5. The maximum atomic E-state index is 12.5. The third kappa shape index (κ3) is 5.25. The fourth-order valence-electron chi connectivity index (χ4n) is 4.35. The number of likely N-dealkylation sites (tertiary alicyclic amines) is 1. The summed E-state index contributed by atoms with van der Waals surface area (Å²) in [6, 6.07) is 9.35. The van der Waals surface area contributed by atoms with E-state index < -0.39 is 0 Å². The van der Waals surface area contributed by atoms with Crippen LogP contribution >= 0.6 is 0 Å². The molecule has 160 valence electrons. The lowest BCUT2D eigenvalue weighted by Gasteiger charge is -2.32. The number of carbonyl (C=O) groups excluding carboxylic acids is 1. The third-order valence-electron chi connectivity index (χ3n) is 5.91. The van der Waals surface area contributed by atoms with Gasteiger partial charge in [0.25, 0.3) is 0 Å². The van der Waals surface area contributed by atoms with E-state index in [9.17, 15) is 9.59 Å². The van der Waals surface area contributed by atoms with Crippen molar-refractivity contribution in [3.63, 3.8) is 0 Å². The van der Waals surface area contributed by atoms with Crippen LogP contribution in [0, 0.1) is 5.92 Å². The van der Waals surface area contributed by atoms with Gasteiger partial charge in [-0.25, -0.2) is 14.6 Å². The quantitative estimate of drug-likeness (QED) is 0.727. The molecule has 2 amide bonds. The van der Waals surface area contributed by atoms with Gasteiger partial charge in [0, 0.05) is 43.2 Å². The van der Waals surface area contributed by atoms with Crippen molar-refractivity contribution in [2.45, 2.75) is 31.8 Å². The van der Waals surface area contributed by atoms with E-state index in [1.165, 1.54) is 23.6 Å². The van der Waals surface area contributed by atoms with E-state index >= 15 is 0 Å². The minimum absolute atomic E-state index is 0.214. The maximum Gasteiger partial charge on any atom is 0.347 e. The molecule has 2 fully saturated rings. The van der Waals surface area contributed by atoms with Crippen LogP contribution in [0.3, 0.4) is 0 Å². The molecule has 1 aromatic heterocycles. The molecule has 2 atom stereocenters. The van der Waals surface area contributed by atoms with Crippen molar-refractivity contribution < 1.29 is 9.53 Å². The second-order valence-electron chi connectivity index (χ2n) is 8.00. The molecule has 0 spiro atoms. The topological polar surface area (TPSA) is 88.5 Å². The van der Waals surface area contributed by atoms with Crippen molar-refractivity contribution in [2.75, 3.05) is 38.2 Å². The third-order valence-corrected chi connectivity index (χ3v) is 5.91. The Labute approximate surface area is 176 Å². The van der Waals surface area contributed by atoms with Gasteiger partial charge < -0.3 is 15.4 Å². The fourth-order valence-corrected chi connectivity index (χ4v) is 4.35. The molecule has 0 saturated carbocycles. The Kier molecular flexibility index (Phi) is 6.76. The van der Waals surface area contributed by atoms with E-state index in [0.29, 0.717) is 30.7 Å². The molecule has 0 aliphatic carbocycles. The number of benzene rings is 1. The van der Waals surface area contributed by atoms with Gasteiger partial charge in [-0.05, 0) is 56.1 Å². The molecule has 2 unspecified atom stereocenters. The number of anilines is 1. The monoisotopic (exact) mass is 411 g/mol. The highest BCUT2D eigenvalue weighted by molar-refractivity contribution is 5.89. The Bertz CT molecular complexity index is 887. The Morgan fingerprint density at radius 1 is 1.27 bits per heavy atom. The van der Waals surface area contributed by atoms with Crippen molar-refractivity contribution >= 4 is 11.7 Å². The Hall–Kier alpha value is -2.71. The normalized spacial score (nSPS) is 20.2. The summed E-state index contributed by atoms with van der Waals surface area (Å²) in [6.07, 6.45) is 6.69. The summed E-state index contributed by atoms with van der Waals surface area (Å²) < 4.78 is 7.12. The van der Waals surface area contributed by atoms with E-state index in [1.807, 2.05) is 24.3 Å². The van der Waals surface area contributed by atoms with Crippen molar-refractivity contribution in [3.05, 3.63) is 58.8 Å². The lowest BCUT2D eigenvalue weighted by atomic mass is 9.97. The van der Waals surface area contributed by atoms with Crippen LogP contribution in [-0.4, -0.2) is 59.4 Å². The standard InChI is InChI=1S/C22H29N5O3/c28-21(24-14-20(18-7-12-30-16-18)26-9-1-2-10-26)25-19-6-3-5-17(13-19)15-27-11-4-8-23-22(27)29/h3-6,8,11,13,18,20H,1-2,7,9-10,12,14-16H2,(H2,24,25,28). The first-order valence-electron chi connectivity index (χ1n) is 10.7. The lowest BCUT2D eigenvalue weighted by molar-refractivity contribution is 0.135. The number of hydrogen-bond acceptors (Lipinski definition) is 5. The van der Waals surface area contributed by atoms with Crippen molar-refractivity contribution in [1.29, 1.82) is 0 Å². The number of aromatic nitrogens is 2. The fraction of sp³-hybridized carbons (Fsp3) is 0.500. The minimum Gasteiger partial charge on any atom is -0.381 e. The molecule has 2 aliphatic rings. The zero-order chi connectivity index (χ0) is 20.8. The summed E-state index contributed by atoms with van der Waals surface area (Å²) in [6.45, 7) is 4.81. The minimum atomic E-state index is -0.294. The SMILES string of the molecule is O=C(NCC(C1CCOC1)N1CCCC1)Nc1cccc(Cn2cccnc2=O)c1. The second-order valence-corrected chi connectivity index (χ2v) is 8.00. The summed E-state index contributed by atoms with van der Waals surface area (Å²) in [5.41, 5.74) is 1.32. The lowest BCUT2D eigenvalue weighted by Crippen LogP contribution is -2.48. The summed E-state index contributed by atoms with van der Waals surface area (Å²) in [5, 5.41) is 5.97. The molecule has 3 heterocycles. The summed E-state index contributed by atoms with van der Waals surface area (Å²) in [7, 11) is 0. The molecule has 2 aromatic rings. The van der Waals surface area contributed by atoms with Gasteiger partial charge in [0.05, 0.1) is 13.2 Å². The average Bonchev–Trinajstić information content (AvgIpc) is 3.45. The van der Waals surface area contributed by atoms with Crippen LogP contribution < -0.4 is 16.3 Å². The van der Waals surface area contributed by atoms with Gasteiger partial charge in [-0.1, -0.05) is 12.1 Å². The highest BCUT2D eigenvalue weighted by Crippen LogP contribution is 2.24. The molecule has 30 heavy (non-hydrogen) atoms. The number of ether oxygens (including phenoxy) is 1. The maximum absolute atomic E-state index is 12.5. The summed E-state index contributed by atoms with van der Waals surface area (Å²) in [4.78, 5) is 30.6. The van der Waals surface area contributed by atoms with Gasteiger partial charge in [-0.15, -0.1) is 0 Å². The molecule has 2 N–H and O–H groups in total. The van der Waals surface area contributed by atoms with Crippen LogP contribution in [0.4, 0.5) is 10.5 Å². The molecule has 8 heteroatoms. The van der Waals surface area contributed by atoms with Crippen LogP contribution in [-0.2, 0) is 11.3 Å². The number of amides is 2. The number of carbonyl (C=O) groups is 1. The highest BCUT2D eigenvalue weighted by Gasteiger charge is 2.32.